The zero-order valence-electron chi connectivity index (χ0n) is 13.1. The van der Waals surface area contributed by atoms with E-state index in [1.807, 2.05) is 13.8 Å². The van der Waals surface area contributed by atoms with Gasteiger partial charge in [0.05, 0.1) is 17.5 Å². The lowest BCUT2D eigenvalue weighted by Gasteiger charge is -2.16. The Morgan fingerprint density at radius 1 is 1.17 bits per heavy atom. The number of aliphatic hydroxyl groups excluding tert-OH is 1. The molecule has 4 aromatic rings. The number of nitrogens with zero attached hydrogens (tertiary/aromatic N) is 2. The summed E-state index contributed by atoms with van der Waals surface area (Å²) < 4.78 is 13.8. The molecule has 3 N–H and O–H groups in total. The Morgan fingerprint density at radius 3 is 2.58 bits per heavy atom. The number of H-pyrrole nitrogens is 2. The first-order valence-electron chi connectivity index (χ1n) is 7.52. The molecule has 0 unspecified atom stereocenters. The van der Waals surface area contributed by atoms with E-state index in [4.69, 9.17) is 0 Å². The standard InChI is InChI=1S/C17H15FN4O2/c1-17(2,7-23)16-20-13-9-4-3-8(18)5-10(9)12-11(14(13)21-16)6-19-22-15(12)24/h3-6,19,23H,7H2,1-2H3,(H,22,24). The molecule has 2 heterocycles. The number of rotatable bonds is 2. The summed E-state index contributed by atoms with van der Waals surface area (Å²) in [6.45, 7) is 3.56. The van der Waals surface area contributed by atoms with Crippen LogP contribution in [0.15, 0.2) is 29.2 Å². The second-order valence-corrected chi connectivity index (χ2v) is 6.51. The molecule has 2 aromatic carbocycles. The van der Waals surface area contributed by atoms with E-state index in [-0.39, 0.29) is 12.2 Å². The maximum Gasteiger partial charge on any atom is 0.270 e. The van der Waals surface area contributed by atoms with Crippen molar-refractivity contribution in [1.82, 2.24) is 20.2 Å². The van der Waals surface area contributed by atoms with E-state index in [0.717, 1.165) is 0 Å². The molecule has 0 aliphatic rings. The quantitative estimate of drug-likeness (QED) is 0.493. The molecule has 0 aliphatic heterocycles. The molecule has 0 radical (unpaired) electrons. The molecule has 0 atom stereocenters. The smallest absolute Gasteiger partial charge is 0.270 e. The highest BCUT2D eigenvalue weighted by Gasteiger charge is 2.26. The van der Waals surface area contributed by atoms with Crippen LogP contribution >= 0.6 is 0 Å². The fourth-order valence-corrected chi connectivity index (χ4v) is 2.91. The summed E-state index contributed by atoms with van der Waals surface area (Å²) in [7, 11) is 0. The second-order valence-electron chi connectivity index (χ2n) is 6.51. The summed E-state index contributed by atoms with van der Waals surface area (Å²) in [5, 5.41) is 16.9. The second kappa shape index (κ2) is 4.85. The molecule has 7 heteroatoms. The van der Waals surface area contributed by atoms with Crippen LogP contribution in [0.2, 0.25) is 0 Å². The van der Waals surface area contributed by atoms with Crippen LogP contribution in [0.5, 0.6) is 0 Å². The molecule has 4 rings (SSSR count). The first-order valence-corrected chi connectivity index (χ1v) is 7.52. The Labute approximate surface area is 135 Å². The zero-order chi connectivity index (χ0) is 17.1. The van der Waals surface area contributed by atoms with E-state index in [1.54, 1.807) is 12.3 Å². The van der Waals surface area contributed by atoms with Crippen LogP contribution in [-0.4, -0.2) is 31.9 Å². The Bertz CT molecular complexity index is 1160. The summed E-state index contributed by atoms with van der Waals surface area (Å²) in [6.07, 6.45) is 1.62. The molecular weight excluding hydrogens is 311 g/mol. The van der Waals surface area contributed by atoms with Gasteiger partial charge < -0.3 is 10.2 Å². The molecule has 0 saturated carbocycles. The third-order valence-electron chi connectivity index (χ3n) is 4.32. The van der Waals surface area contributed by atoms with Crippen molar-refractivity contribution >= 4 is 32.6 Å². The average molecular weight is 326 g/mol. The first-order chi connectivity index (χ1) is 11.4. The van der Waals surface area contributed by atoms with Gasteiger partial charge in [-0.25, -0.2) is 14.4 Å². The molecule has 24 heavy (non-hydrogen) atoms. The van der Waals surface area contributed by atoms with Gasteiger partial charge in [0.15, 0.2) is 0 Å². The first kappa shape index (κ1) is 14.8. The number of aromatic nitrogens is 4. The minimum Gasteiger partial charge on any atom is -0.395 e. The van der Waals surface area contributed by atoms with Crippen LogP contribution in [0.4, 0.5) is 4.39 Å². The van der Waals surface area contributed by atoms with E-state index in [0.29, 0.717) is 38.4 Å². The summed E-state index contributed by atoms with van der Waals surface area (Å²) in [5.74, 6) is 0.0595. The van der Waals surface area contributed by atoms with Crippen LogP contribution < -0.4 is 5.56 Å². The monoisotopic (exact) mass is 326 g/mol. The van der Waals surface area contributed by atoms with Crippen LogP contribution in [0.3, 0.4) is 0 Å². The molecule has 2 aromatic heterocycles. The lowest BCUT2D eigenvalue weighted by molar-refractivity contribution is 0.213. The predicted molar refractivity (Wildman–Crippen MR) is 89.6 cm³/mol. The lowest BCUT2D eigenvalue weighted by Crippen LogP contribution is -2.23. The summed E-state index contributed by atoms with van der Waals surface area (Å²) in [6, 6.07) is 4.27. The van der Waals surface area contributed by atoms with Gasteiger partial charge in [-0.2, -0.15) is 0 Å². The summed E-state index contributed by atoms with van der Waals surface area (Å²) in [5.41, 5.74) is 0.176. The zero-order valence-corrected chi connectivity index (χ0v) is 13.1. The molecule has 0 spiro atoms. The highest BCUT2D eigenvalue weighted by atomic mass is 19.1. The Morgan fingerprint density at radius 2 is 1.88 bits per heavy atom. The topological polar surface area (TPSA) is 94.7 Å². The summed E-state index contributed by atoms with van der Waals surface area (Å²) in [4.78, 5) is 21.4. The number of hydrogen-bond acceptors (Lipinski definition) is 4. The SMILES string of the molecule is CC(C)(CO)c1nc2c3ccc(F)cc3c3c(=O)[nH][nH]cc3c2n1. The van der Waals surface area contributed by atoms with Gasteiger partial charge in [0, 0.05) is 27.8 Å². The van der Waals surface area contributed by atoms with Crippen LogP contribution in [0, 0.1) is 5.82 Å². The van der Waals surface area contributed by atoms with Crippen molar-refractivity contribution in [3.63, 3.8) is 0 Å². The highest BCUT2D eigenvalue weighted by molar-refractivity contribution is 6.22. The van der Waals surface area contributed by atoms with Crippen molar-refractivity contribution in [1.29, 1.82) is 0 Å². The Balaban J connectivity index is 2.29. The minimum absolute atomic E-state index is 0.111. The molecule has 0 aliphatic carbocycles. The van der Waals surface area contributed by atoms with Gasteiger partial charge in [-0.05, 0) is 18.2 Å². The van der Waals surface area contributed by atoms with Crippen LogP contribution in [0.1, 0.15) is 19.7 Å². The third kappa shape index (κ3) is 1.94. The number of fused-ring (bicyclic) bond motifs is 6. The van der Waals surface area contributed by atoms with E-state index in [9.17, 15) is 14.3 Å². The molecule has 0 fully saturated rings. The van der Waals surface area contributed by atoms with E-state index in [1.165, 1.54) is 12.1 Å². The van der Waals surface area contributed by atoms with Gasteiger partial charge in [-0.15, -0.1) is 0 Å². The number of halogens is 1. The predicted octanol–water partition coefficient (Wildman–Crippen LogP) is 2.36. The minimum atomic E-state index is -0.622. The molecule has 6 nitrogen and oxygen atoms in total. The normalized spacial score (nSPS) is 12.5. The highest BCUT2D eigenvalue weighted by Crippen LogP contribution is 2.34. The van der Waals surface area contributed by atoms with Crippen molar-refractivity contribution in [3.05, 3.63) is 46.4 Å². The van der Waals surface area contributed by atoms with E-state index < -0.39 is 11.2 Å². The van der Waals surface area contributed by atoms with Crippen molar-refractivity contribution in [2.24, 2.45) is 0 Å². The Kier molecular flexibility index (Phi) is 2.98. The number of imidazole rings is 1. The number of nitrogens with one attached hydrogen (secondary N) is 2. The van der Waals surface area contributed by atoms with E-state index >= 15 is 0 Å². The molecule has 0 saturated heterocycles. The average Bonchev–Trinajstić information content (AvgIpc) is 3.01. The number of aliphatic hydroxyl groups is 1. The van der Waals surface area contributed by atoms with Crippen molar-refractivity contribution in [2.75, 3.05) is 6.61 Å². The van der Waals surface area contributed by atoms with Crippen molar-refractivity contribution in [2.45, 2.75) is 19.3 Å². The number of hydrogen-bond donors (Lipinski definition) is 3. The van der Waals surface area contributed by atoms with Crippen LogP contribution in [0.25, 0.3) is 32.6 Å². The molecule has 0 bridgehead atoms. The van der Waals surface area contributed by atoms with Gasteiger partial charge in [0.2, 0.25) is 0 Å². The maximum atomic E-state index is 13.8. The van der Waals surface area contributed by atoms with Crippen LogP contribution in [-0.2, 0) is 5.41 Å². The molecular formula is C17H15FN4O2. The Hall–Kier alpha value is -2.80. The largest absolute Gasteiger partial charge is 0.395 e. The number of benzene rings is 2. The van der Waals surface area contributed by atoms with Crippen molar-refractivity contribution in [3.8, 4) is 0 Å². The summed E-state index contributed by atoms with van der Waals surface area (Å²) >= 11 is 0. The van der Waals surface area contributed by atoms with Gasteiger partial charge in [0.1, 0.15) is 17.2 Å². The van der Waals surface area contributed by atoms with Crippen molar-refractivity contribution < 1.29 is 9.50 Å². The van der Waals surface area contributed by atoms with E-state index in [2.05, 4.69) is 20.2 Å². The van der Waals surface area contributed by atoms with Gasteiger partial charge in [-0.1, -0.05) is 13.8 Å². The number of aromatic amines is 2. The van der Waals surface area contributed by atoms with Gasteiger partial charge >= 0.3 is 0 Å². The fraction of sp³-hybridized carbons (Fsp3) is 0.235. The third-order valence-corrected chi connectivity index (χ3v) is 4.32. The molecule has 0 amide bonds. The lowest BCUT2D eigenvalue weighted by atomic mass is 9.94. The van der Waals surface area contributed by atoms with Gasteiger partial charge in [0.25, 0.3) is 5.56 Å². The van der Waals surface area contributed by atoms with Gasteiger partial charge in [-0.3, -0.25) is 9.89 Å². The fourth-order valence-electron chi connectivity index (χ4n) is 2.91. The molecule has 122 valence electrons. The maximum absolute atomic E-state index is 13.8.